The van der Waals surface area contributed by atoms with Crippen molar-refractivity contribution in [3.63, 3.8) is 0 Å². The van der Waals surface area contributed by atoms with E-state index in [0.717, 1.165) is 25.5 Å². The van der Waals surface area contributed by atoms with Gasteiger partial charge in [0.15, 0.2) is 0 Å². The lowest BCUT2D eigenvalue weighted by atomic mass is 9.85. The van der Waals surface area contributed by atoms with E-state index in [4.69, 9.17) is 4.74 Å². The molecule has 1 fully saturated rings. The van der Waals surface area contributed by atoms with E-state index >= 15 is 0 Å². The van der Waals surface area contributed by atoms with Crippen molar-refractivity contribution in [2.45, 2.75) is 38.7 Å². The average Bonchev–Trinajstić information content (AvgIpc) is 2.05. The smallest absolute Gasteiger partial charge is 0.0655 e. The molecule has 0 aromatic heterocycles. The molecule has 2 unspecified atom stereocenters. The van der Waals surface area contributed by atoms with Crippen LogP contribution in [0.3, 0.4) is 0 Å². The second kappa shape index (κ2) is 4.24. The van der Waals surface area contributed by atoms with Gasteiger partial charge in [-0.2, -0.15) is 0 Å². The highest BCUT2D eigenvalue weighted by Gasteiger charge is 2.30. The van der Waals surface area contributed by atoms with Crippen LogP contribution in [-0.4, -0.2) is 25.8 Å². The molecule has 0 saturated carbocycles. The van der Waals surface area contributed by atoms with Gasteiger partial charge in [0.1, 0.15) is 0 Å². The van der Waals surface area contributed by atoms with Crippen LogP contribution in [-0.2, 0) is 4.74 Å². The summed E-state index contributed by atoms with van der Waals surface area (Å²) in [4.78, 5) is 0. The van der Waals surface area contributed by atoms with Gasteiger partial charge in [0.25, 0.3) is 0 Å². The second-order valence-electron chi connectivity index (χ2n) is 4.07. The van der Waals surface area contributed by atoms with Gasteiger partial charge < -0.3 is 10.1 Å². The van der Waals surface area contributed by atoms with Crippen LogP contribution in [0.4, 0.5) is 0 Å². The first-order valence-electron chi connectivity index (χ1n) is 4.99. The average molecular weight is 171 g/mol. The maximum Gasteiger partial charge on any atom is 0.0655 e. The van der Waals surface area contributed by atoms with Crippen LogP contribution in [0.2, 0.25) is 0 Å². The van der Waals surface area contributed by atoms with Crippen molar-refractivity contribution < 1.29 is 4.74 Å². The highest BCUT2D eigenvalue weighted by atomic mass is 16.5. The van der Waals surface area contributed by atoms with Gasteiger partial charge in [-0.05, 0) is 45.7 Å². The van der Waals surface area contributed by atoms with Crippen LogP contribution in [0, 0.1) is 5.92 Å². The fourth-order valence-corrected chi connectivity index (χ4v) is 1.95. The largest absolute Gasteiger partial charge is 0.375 e. The predicted molar refractivity (Wildman–Crippen MR) is 51.3 cm³/mol. The summed E-state index contributed by atoms with van der Waals surface area (Å²) in [6, 6.07) is 0. The van der Waals surface area contributed by atoms with E-state index in [1.807, 2.05) is 7.05 Å². The van der Waals surface area contributed by atoms with Crippen molar-refractivity contribution >= 4 is 0 Å². The van der Waals surface area contributed by atoms with Gasteiger partial charge in [0, 0.05) is 6.61 Å². The normalized spacial score (nSPS) is 36.8. The van der Waals surface area contributed by atoms with Crippen molar-refractivity contribution in [1.82, 2.24) is 5.32 Å². The summed E-state index contributed by atoms with van der Waals surface area (Å²) in [5.41, 5.74) is 0.153. The first kappa shape index (κ1) is 10.0. The van der Waals surface area contributed by atoms with Gasteiger partial charge in [0.05, 0.1) is 5.60 Å². The summed E-state index contributed by atoms with van der Waals surface area (Å²) in [5, 5.41) is 3.24. The Labute approximate surface area is 75.7 Å². The topological polar surface area (TPSA) is 21.3 Å². The highest BCUT2D eigenvalue weighted by Crippen LogP contribution is 2.30. The predicted octanol–water partition coefficient (Wildman–Crippen LogP) is 1.80. The zero-order valence-corrected chi connectivity index (χ0v) is 8.52. The number of nitrogens with one attached hydrogen (secondary N) is 1. The van der Waals surface area contributed by atoms with Crippen molar-refractivity contribution in [2.24, 2.45) is 5.92 Å². The molecule has 2 nitrogen and oxygen atoms in total. The molecule has 1 N–H and O–H groups in total. The summed E-state index contributed by atoms with van der Waals surface area (Å²) in [5.74, 6) is 0.814. The van der Waals surface area contributed by atoms with E-state index in [2.05, 4.69) is 19.2 Å². The monoisotopic (exact) mass is 171 g/mol. The summed E-state index contributed by atoms with van der Waals surface area (Å²) in [6.45, 7) is 6.52. The maximum absolute atomic E-state index is 5.76. The minimum atomic E-state index is 0.153. The first-order chi connectivity index (χ1) is 5.70. The minimum Gasteiger partial charge on any atom is -0.375 e. The zero-order chi connectivity index (χ0) is 9.03. The number of hydrogen-bond acceptors (Lipinski definition) is 2. The number of hydrogen-bond donors (Lipinski definition) is 1. The zero-order valence-electron chi connectivity index (χ0n) is 8.52. The van der Waals surface area contributed by atoms with Gasteiger partial charge >= 0.3 is 0 Å². The van der Waals surface area contributed by atoms with Crippen LogP contribution in [0.15, 0.2) is 0 Å². The van der Waals surface area contributed by atoms with Crippen molar-refractivity contribution in [3.05, 3.63) is 0 Å². The molecule has 72 valence electrons. The maximum atomic E-state index is 5.76. The van der Waals surface area contributed by atoms with E-state index in [9.17, 15) is 0 Å². The molecule has 0 spiro atoms. The van der Waals surface area contributed by atoms with Gasteiger partial charge in [0.2, 0.25) is 0 Å². The van der Waals surface area contributed by atoms with Crippen LogP contribution in [0.25, 0.3) is 0 Å². The molecular formula is C10H21NO. The van der Waals surface area contributed by atoms with Crippen molar-refractivity contribution in [1.29, 1.82) is 0 Å². The summed E-state index contributed by atoms with van der Waals surface area (Å²) < 4.78 is 5.76. The molecular weight excluding hydrogens is 150 g/mol. The standard InChI is InChI=1S/C10H21NO/c1-4-10(2)7-9(8-11-3)5-6-12-10/h9,11H,4-8H2,1-3H3. The van der Waals surface area contributed by atoms with Crippen LogP contribution in [0.5, 0.6) is 0 Å². The molecule has 12 heavy (non-hydrogen) atoms. The summed E-state index contributed by atoms with van der Waals surface area (Å²) >= 11 is 0. The Bertz CT molecular complexity index is 136. The van der Waals surface area contributed by atoms with E-state index < -0.39 is 0 Å². The van der Waals surface area contributed by atoms with Crippen LogP contribution in [0.1, 0.15) is 33.1 Å². The van der Waals surface area contributed by atoms with E-state index in [0.29, 0.717) is 0 Å². The second-order valence-corrected chi connectivity index (χ2v) is 4.07. The molecule has 0 aliphatic carbocycles. The molecule has 2 heteroatoms. The quantitative estimate of drug-likeness (QED) is 0.699. The Morgan fingerprint density at radius 2 is 2.33 bits per heavy atom. The van der Waals surface area contributed by atoms with Gasteiger partial charge in [-0.25, -0.2) is 0 Å². The van der Waals surface area contributed by atoms with Crippen molar-refractivity contribution in [2.75, 3.05) is 20.2 Å². The molecule has 2 atom stereocenters. The third-order valence-corrected chi connectivity index (χ3v) is 2.94. The lowest BCUT2D eigenvalue weighted by Crippen LogP contribution is -2.39. The van der Waals surface area contributed by atoms with Gasteiger partial charge in [-0.3, -0.25) is 0 Å². The fourth-order valence-electron chi connectivity index (χ4n) is 1.95. The summed E-state index contributed by atoms with van der Waals surface area (Å²) in [7, 11) is 2.03. The van der Waals surface area contributed by atoms with Crippen LogP contribution >= 0.6 is 0 Å². The number of rotatable bonds is 3. The molecule has 1 aliphatic rings. The Morgan fingerprint density at radius 3 is 2.92 bits per heavy atom. The molecule has 0 radical (unpaired) electrons. The SMILES string of the molecule is CCC1(C)CC(CNC)CCO1. The molecule has 0 aromatic rings. The highest BCUT2D eigenvalue weighted by molar-refractivity contribution is 4.82. The fraction of sp³-hybridized carbons (Fsp3) is 1.00. The third-order valence-electron chi connectivity index (χ3n) is 2.94. The molecule has 1 saturated heterocycles. The van der Waals surface area contributed by atoms with E-state index in [1.54, 1.807) is 0 Å². The van der Waals surface area contributed by atoms with Crippen LogP contribution < -0.4 is 5.32 Å². The Kier molecular flexibility index (Phi) is 3.53. The molecule has 1 aliphatic heterocycles. The molecule has 0 amide bonds. The van der Waals surface area contributed by atoms with E-state index in [1.165, 1.54) is 12.8 Å². The summed E-state index contributed by atoms with van der Waals surface area (Å²) in [6.07, 6.45) is 3.56. The Balaban J connectivity index is 2.39. The molecule has 0 bridgehead atoms. The first-order valence-corrected chi connectivity index (χ1v) is 4.99. The molecule has 1 heterocycles. The van der Waals surface area contributed by atoms with Gasteiger partial charge in [-0.1, -0.05) is 6.92 Å². The minimum absolute atomic E-state index is 0.153. The Morgan fingerprint density at radius 1 is 1.58 bits per heavy atom. The Hall–Kier alpha value is -0.0800. The number of ether oxygens (including phenoxy) is 1. The molecule has 0 aromatic carbocycles. The third kappa shape index (κ3) is 2.46. The lowest BCUT2D eigenvalue weighted by Gasteiger charge is -2.37. The van der Waals surface area contributed by atoms with Crippen molar-refractivity contribution in [3.8, 4) is 0 Å². The van der Waals surface area contributed by atoms with Gasteiger partial charge in [-0.15, -0.1) is 0 Å². The molecule has 1 rings (SSSR count). The lowest BCUT2D eigenvalue weighted by molar-refractivity contribution is -0.0862. The van der Waals surface area contributed by atoms with E-state index in [-0.39, 0.29) is 5.60 Å².